The zero-order valence-corrected chi connectivity index (χ0v) is 10.8. The summed E-state index contributed by atoms with van der Waals surface area (Å²) in [7, 11) is 0. The summed E-state index contributed by atoms with van der Waals surface area (Å²) in [5, 5.41) is 0. The van der Waals surface area contributed by atoms with Gasteiger partial charge in [0, 0.05) is 11.4 Å². The van der Waals surface area contributed by atoms with Crippen LogP contribution in [0.3, 0.4) is 0 Å². The van der Waals surface area contributed by atoms with Gasteiger partial charge < -0.3 is 9.29 Å². The maximum absolute atomic E-state index is 12.9. The lowest BCUT2D eigenvalue weighted by Gasteiger charge is -2.31. The lowest BCUT2D eigenvalue weighted by atomic mass is 10.1. The SMILES string of the molecule is CC(C)(C)[S@@+]([O-])N[C@H](CF)[C@@H]1CCC=CO1. The molecule has 3 atom stereocenters. The van der Waals surface area contributed by atoms with Crippen LogP contribution in [0, 0.1) is 0 Å². The Hall–Kier alpha value is -0.260. The first-order valence-corrected chi connectivity index (χ1v) is 6.64. The first kappa shape index (κ1) is 13.8. The van der Waals surface area contributed by atoms with Crippen molar-refractivity contribution in [2.75, 3.05) is 6.67 Å². The fourth-order valence-corrected chi connectivity index (χ4v) is 2.21. The standard InChI is InChI=1S/C11H20FNO2S/c1-11(2,3)16(14)13-9(8-12)10-6-4-5-7-15-10/h5,7,9-10,13H,4,6,8H2,1-3H3/t9-,10+,16-/m1/s1. The van der Waals surface area contributed by atoms with Crippen LogP contribution in [0.15, 0.2) is 12.3 Å². The summed E-state index contributed by atoms with van der Waals surface area (Å²) in [5.41, 5.74) is 0. The van der Waals surface area contributed by atoms with Crippen molar-refractivity contribution in [3.63, 3.8) is 0 Å². The van der Waals surface area contributed by atoms with Gasteiger partial charge in [-0.05, 0) is 39.7 Å². The van der Waals surface area contributed by atoms with Gasteiger partial charge in [-0.25, -0.2) is 4.39 Å². The molecule has 0 fully saturated rings. The van der Waals surface area contributed by atoms with Crippen molar-refractivity contribution in [3.8, 4) is 0 Å². The van der Waals surface area contributed by atoms with Crippen molar-refractivity contribution >= 4 is 11.4 Å². The fourth-order valence-electron chi connectivity index (χ4n) is 1.37. The zero-order chi connectivity index (χ0) is 12.2. The molecule has 0 unspecified atom stereocenters. The van der Waals surface area contributed by atoms with E-state index >= 15 is 0 Å². The minimum atomic E-state index is -1.26. The Balaban J connectivity index is 2.51. The number of nitrogens with one attached hydrogen (secondary N) is 1. The summed E-state index contributed by atoms with van der Waals surface area (Å²) in [5.74, 6) is 0. The Labute approximate surface area is 99.8 Å². The molecule has 1 aliphatic heterocycles. The van der Waals surface area contributed by atoms with E-state index in [4.69, 9.17) is 4.74 Å². The Bertz CT molecular complexity index is 243. The van der Waals surface area contributed by atoms with E-state index in [9.17, 15) is 8.94 Å². The van der Waals surface area contributed by atoms with Crippen LogP contribution in [0.5, 0.6) is 0 Å². The summed E-state index contributed by atoms with van der Waals surface area (Å²) in [6.07, 6.45) is 4.93. The largest absolute Gasteiger partial charge is 0.598 e. The maximum atomic E-state index is 12.9. The van der Waals surface area contributed by atoms with Gasteiger partial charge in [0.1, 0.15) is 23.6 Å². The quantitative estimate of drug-likeness (QED) is 0.776. The van der Waals surface area contributed by atoms with Crippen LogP contribution in [0.1, 0.15) is 33.6 Å². The van der Waals surface area contributed by atoms with Crippen LogP contribution in [-0.2, 0) is 16.1 Å². The zero-order valence-electron chi connectivity index (χ0n) is 10.0. The van der Waals surface area contributed by atoms with Crippen molar-refractivity contribution < 1.29 is 13.7 Å². The summed E-state index contributed by atoms with van der Waals surface area (Å²) < 4.78 is 32.5. The van der Waals surface area contributed by atoms with Gasteiger partial charge >= 0.3 is 0 Å². The molecular weight excluding hydrogens is 229 g/mol. The van der Waals surface area contributed by atoms with E-state index in [1.165, 1.54) is 0 Å². The predicted octanol–water partition coefficient (Wildman–Crippen LogP) is 2.07. The minimum Gasteiger partial charge on any atom is -0.598 e. The highest BCUT2D eigenvalue weighted by molar-refractivity contribution is 7.90. The van der Waals surface area contributed by atoms with E-state index in [1.54, 1.807) is 6.26 Å². The van der Waals surface area contributed by atoms with E-state index in [0.29, 0.717) is 0 Å². The molecule has 0 aliphatic carbocycles. The first-order valence-electron chi connectivity index (χ1n) is 5.49. The van der Waals surface area contributed by atoms with Crippen LogP contribution in [-0.4, -0.2) is 28.1 Å². The highest BCUT2D eigenvalue weighted by atomic mass is 32.2. The molecule has 3 nitrogen and oxygen atoms in total. The third-order valence-corrected chi connectivity index (χ3v) is 4.03. The Morgan fingerprint density at radius 2 is 2.31 bits per heavy atom. The average molecular weight is 249 g/mol. The Morgan fingerprint density at radius 3 is 2.75 bits per heavy atom. The second kappa shape index (κ2) is 5.89. The van der Waals surface area contributed by atoms with Gasteiger partial charge in [-0.15, -0.1) is 4.72 Å². The van der Waals surface area contributed by atoms with Gasteiger partial charge in [-0.1, -0.05) is 0 Å². The molecule has 0 spiro atoms. The number of hydrogen-bond donors (Lipinski definition) is 1. The van der Waals surface area contributed by atoms with Gasteiger partial charge in [-0.3, -0.25) is 0 Å². The predicted molar refractivity (Wildman–Crippen MR) is 64.0 cm³/mol. The van der Waals surface area contributed by atoms with Gasteiger partial charge in [0.05, 0.1) is 6.26 Å². The number of hydrogen-bond acceptors (Lipinski definition) is 3. The lowest BCUT2D eigenvalue weighted by Crippen LogP contribution is -2.51. The molecule has 0 aromatic carbocycles. The molecule has 1 aliphatic rings. The second-order valence-electron chi connectivity index (χ2n) is 4.88. The van der Waals surface area contributed by atoms with Gasteiger partial charge in [0.15, 0.2) is 0 Å². The highest BCUT2D eigenvalue weighted by Gasteiger charge is 2.33. The second-order valence-corrected chi connectivity index (χ2v) is 6.88. The Morgan fingerprint density at radius 1 is 1.62 bits per heavy atom. The summed E-state index contributed by atoms with van der Waals surface area (Å²) in [6, 6.07) is -0.495. The lowest BCUT2D eigenvalue weighted by molar-refractivity contribution is 0.0836. The third-order valence-electron chi connectivity index (χ3n) is 2.40. The fraction of sp³-hybridized carbons (Fsp3) is 0.818. The number of alkyl halides is 1. The van der Waals surface area contributed by atoms with Crippen LogP contribution >= 0.6 is 0 Å². The molecule has 5 heteroatoms. The summed E-state index contributed by atoms with van der Waals surface area (Å²) in [6.45, 7) is 4.99. The van der Waals surface area contributed by atoms with E-state index in [2.05, 4.69) is 4.72 Å². The molecule has 0 aromatic heterocycles. The normalized spacial score (nSPS) is 24.9. The average Bonchev–Trinajstić information content (AvgIpc) is 2.25. The monoisotopic (exact) mass is 249 g/mol. The van der Waals surface area contributed by atoms with Crippen molar-refractivity contribution in [3.05, 3.63) is 12.3 Å². The van der Waals surface area contributed by atoms with Crippen molar-refractivity contribution in [2.45, 2.75) is 50.5 Å². The molecule has 0 amide bonds. The van der Waals surface area contributed by atoms with Crippen LogP contribution in [0.25, 0.3) is 0 Å². The van der Waals surface area contributed by atoms with Crippen molar-refractivity contribution in [1.29, 1.82) is 0 Å². The van der Waals surface area contributed by atoms with E-state index in [-0.39, 0.29) is 6.10 Å². The Kier molecular flexibility index (Phi) is 5.08. The van der Waals surface area contributed by atoms with Crippen LogP contribution in [0.2, 0.25) is 0 Å². The molecule has 1 rings (SSSR count). The summed E-state index contributed by atoms with van der Waals surface area (Å²) >= 11 is -1.26. The number of ether oxygens (including phenoxy) is 1. The van der Waals surface area contributed by atoms with E-state index < -0.39 is 28.8 Å². The molecule has 0 radical (unpaired) electrons. The number of rotatable bonds is 4. The molecule has 0 saturated heterocycles. The third kappa shape index (κ3) is 3.96. The maximum Gasteiger partial charge on any atom is 0.136 e. The molecule has 0 bridgehead atoms. The van der Waals surface area contributed by atoms with Crippen molar-refractivity contribution in [1.82, 2.24) is 4.72 Å². The summed E-state index contributed by atoms with van der Waals surface area (Å²) in [4.78, 5) is 0. The highest BCUT2D eigenvalue weighted by Crippen LogP contribution is 2.19. The molecule has 1 N–H and O–H groups in total. The molecule has 16 heavy (non-hydrogen) atoms. The van der Waals surface area contributed by atoms with E-state index in [0.717, 1.165) is 12.8 Å². The minimum absolute atomic E-state index is 0.221. The molecule has 0 aromatic rings. The molecular formula is C11H20FNO2S. The van der Waals surface area contributed by atoms with Crippen molar-refractivity contribution in [2.24, 2.45) is 0 Å². The van der Waals surface area contributed by atoms with Crippen LogP contribution < -0.4 is 4.72 Å². The first-order chi connectivity index (χ1) is 7.45. The van der Waals surface area contributed by atoms with Gasteiger partial charge in [-0.2, -0.15) is 0 Å². The molecule has 0 saturated carbocycles. The van der Waals surface area contributed by atoms with Gasteiger partial charge in [0.2, 0.25) is 0 Å². The van der Waals surface area contributed by atoms with Gasteiger partial charge in [0.25, 0.3) is 0 Å². The van der Waals surface area contributed by atoms with Crippen LogP contribution in [0.4, 0.5) is 4.39 Å². The number of halogens is 1. The van der Waals surface area contributed by atoms with E-state index in [1.807, 2.05) is 26.8 Å². The number of allylic oxidation sites excluding steroid dienone is 1. The molecule has 94 valence electrons. The smallest absolute Gasteiger partial charge is 0.136 e. The molecule has 1 heterocycles. The topological polar surface area (TPSA) is 44.3 Å².